The Kier molecular flexibility index (Phi) is 4.15. The van der Waals surface area contributed by atoms with Crippen molar-refractivity contribution in [2.75, 3.05) is 23.4 Å². The molecular weight excluding hydrogens is 290 g/mol. The predicted molar refractivity (Wildman–Crippen MR) is 88.3 cm³/mol. The fraction of sp³-hybridized carbons (Fsp3) is 0.222. The zero-order valence-electron chi connectivity index (χ0n) is 12.8. The fourth-order valence-electron chi connectivity index (χ4n) is 2.60. The minimum Gasteiger partial charge on any atom is -0.447 e. The van der Waals surface area contributed by atoms with Gasteiger partial charge in [-0.1, -0.05) is 18.2 Å². The number of nitrogens with one attached hydrogen (secondary N) is 1. The standard InChI is InChI=1S/C18H17N3O2/c1-13(20-16-6-2-4-14(10-16)12-19)15-5-3-7-17(11-15)21-8-9-23-18(21)22/h2-7,10-11,13,20H,8-9H2,1H3/t13-/m1/s1. The molecule has 1 amide bonds. The molecule has 0 radical (unpaired) electrons. The van der Waals surface area contributed by atoms with Gasteiger partial charge in [-0.25, -0.2) is 4.79 Å². The van der Waals surface area contributed by atoms with E-state index in [1.54, 1.807) is 11.0 Å². The molecule has 0 aromatic heterocycles. The van der Waals surface area contributed by atoms with E-state index < -0.39 is 0 Å². The van der Waals surface area contributed by atoms with Gasteiger partial charge in [0.15, 0.2) is 0 Å². The number of benzene rings is 2. The van der Waals surface area contributed by atoms with Gasteiger partial charge < -0.3 is 10.1 Å². The highest BCUT2D eigenvalue weighted by molar-refractivity contribution is 5.89. The van der Waals surface area contributed by atoms with Crippen molar-refractivity contribution in [2.45, 2.75) is 13.0 Å². The van der Waals surface area contributed by atoms with Crippen LogP contribution in [0.2, 0.25) is 0 Å². The van der Waals surface area contributed by atoms with Gasteiger partial charge in [0, 0.05) is 17.4 Å². The maximum absolute atomic E-state index is 11.7. The largest absolute Gasteiger partial charge is 0.447 e. The molecule has 23 heavy (non-hydrogen) atoms. The highest BCUT2D eigenvalue weighted by Gasteiger charge is 2.23. The lowest BCUT2D eigenvalue weighted by Crippen LogP contribution is -2.23. The topological polar surface area (TPSA) is 65.4 Å². The highest BCUT2D eigenvalue weighted by Crippen LogP contribution is 2.25. The smallest absolute Gasteiger partial charge is 0.414 e. The van der Waals surface area contributed by atoms with Crippen LogP contribution >= 0.6 is 0 Å². The number of carbonyl (C=O) groups is 1. The normalized spacial score (nSPS) is 15.0. The molecule has 0 aliphatic carbocycles. The van der Waals surface area contributed by atoms with Crippen LogP contribution in [0.25, 0.3) is 0 Å². The van der Waals surface area contributed by atoms with E-state index in [9.17, 15) is 4.79 Å². The van der Waals surface area contributed by atoms with Crippen molar-refractivity contribution in [1.82, 2.24) is 0 Å². The fourth-order valence-corrected chi connectivity index (χ4v) is 2.60. The van der Waals surface area contributed by atoms with Gasteiger partial charge in [-0.15, -0.1) is 0 Å². The van der Waals surface area contributed by atoms with Crippen LogP contribution in [0.3, 0.4) is 0 Å². The minimum absolute atomic E-state index is 0.0440. The van der Waals surface area contributed by atoms with E-state index in [1.165, 1.54) is 0 Å². The van der Waals surface area contributed by atoms with Crippen molar-refractivity contribution in [2.24, 2.45) is 0 Å². The van der Waals surface area contributed by atoms with Crippen LogP contribution in [-0.4, -0.2) is 19.2 Å². The number of nitriles is 1. The van der Waals surface area contributed by atoms with Crippen LogP contribution in [0.15, 0.2) is 48.5 Å². The average molecular weight is 307 g/mol. The molecule has 1 fully saturated rings. The zero-order chi connectivity index (χ0) is 16.2. The molecule has 0 unspecified atom stereocenters. The molecule has 116 valence electrons. The first-order valence-corrected chi connectivity index (χ1v) is 7.48. The maximum Gasteiger partial charge on any atom is 0.414 e. The van der Waals surface area contributed by atoms with Crippen LogP contribution < -0.4 is 10.2 Å². The number of ether oxygens (including phenoxy) is 1. The second-order valence-electron chi connectivity index (χ2n) is 5.42. The Labute approximate surface area is 135 Å². The number of hydrogen-bond donors (Lipinski definition) is 1. The number of hydrogen-bond acceptors (Lipinski definition) is 4. The van der Waals surface area contributed by atoms with Crippen LogP contribution in [0.4, 0.5) is 16.2 Å². The average Bonchev–Trinajstić information content (AvgIpc) is 3.01. The molecular formula is C18H17N3O2. The first-order chi connectivity index (χ1) is 11.2. The van der Waals surface area contributed by atoms with Crippen molar-refractivity contribution in [3.63, 3.8) is 0 Å². The first kappa shape index (κ1) is 14.9. The molecule has 1 saturated heterocycles. The second kappa shape index (κ2) is 6.41. The summed E-state index contributed by atoms with van der Waals surface area (Å²) in [7, 11) is 0. The zero-order valence-corrected chi connectivity index (χ0v) is 12.8. The van der Waals surface area contributed by atoms with Gasteiger partial charge in [0.2, 0.25) is 0 Å². The Bertz CT molecular complexity index is 767. The third-order valence-corrected chi connectivity index (χ3v) is 3.82. The summed E-state index contributed by atoms with van der Waals surface area (Å²) in [5, 5.41) is 12.3. The summed E-state index contributed by atoms with van der Waals surface area (Å²) in [6.45, 7) is 3.05. The summed E-state index contributed by atoms with van der Waals surface area (Å²) in [4.78, 5) is 13.3. The Morgan fingerprint density at radius 3 is 2.83 bits per heavy atom. The lowest BCUT2D eigenvalue weighted by Gasteiger charge is -2.19. The Morgan fingerprint density at radius 1 is 1.26 bits per heavy atom. The Balaban J connectivity index is 1.78. The molecule has 0 bridgehead atoms. The van der Waals surface area contributed by atoms with Gasteiger partial charge in [-0.2, -0.15) is 5.26 Å². The minimum atomic E-state index is -0.301. The van der Waals surface area contributed by atoms with Gasteiger partial charge in [0.05, 0.1) is 18.2 Å². The van der Waals surface area contributed by atoms with Gasteiger partial charge in [-0.05, 0) is 42.8 Å². The number of nitrogens with zero attached hydrogens (tertiary/aromatic N) is 2. The number of rotatable bonds is 4. The SMILES string of the molecule is C[C@@H](Nc1cccc(C#N)c1)c1cccc(N2CCOC2=O)c1. The summed E-state index contributed by atoms with van der Waals surface area (Å²) >= 11 is 0. The van der Waals surface area contributed by atoms with E-state index in [-0.39, 0.29) is 12.1 Å². The number of amides is 1. The van der Waals surface area contributed by atoms with E-state index >= 15 is 0 Å². The molecule has 1 aliphatic heterocycles. The second-order valence-corrected chi connectivity index (χ2v) is 5.42. The molecule has 1 atom stereocenters. The number of anilines is 2. The molecule has 1 N–H and O–H groups in total. The monoisotopic (exact) mass is 307 g/mol. The van der Waals surface area contributed by atoms with E-state index in [0.717, 1.165) is 16.9 Å². The lowest BCUT2D eigenvalue weighted by atomic mass is 10.1. The highest BCUT2D eigenvalue weighted by atomic mass is 16.6. The molecule has 2 aromatic rings. The molecule has 0 saturated carbocycles. The van der Waals surface area contributed by atoms with Crippen molar-refractivity contribution in [3.05, 3.63) is 59.7 Å². The van der Waals surface area contributed by atoms with Crippen LogP contribution in [0, 0.1) is 11.3 Å². The summed E-state index contributed by atoms with van der Waals surface area (Å²) in [5.41, 5.74) is 3.41. The van der Waals surface area contributed by atoms with Gasteiger partial charge in [0.25, 0.3) is 0 Å². The molecule has 5 nitrogen and oxygen atoms in total. The molecule has 5 heteroatoms. The Morgan fingerprint density at radius 2 is 2.09 bits per heavy atom. The summed E-state index contributed by atoms with van der Waals surface area (Å²) < 4.78 is 4.98. The van der Waals surface area contributed by atoms with Crippen molar-refractivity contribution < 1.29 is 9.53 Å². The van der Waals surface area contributed by atoms with E-state index in [0.29, 0.717) is 18.7 Å². The molecule has 0 spiro atoms. The van der Waals surface area contributed by atoms with Gasteiger partial charge in [-0.3, -0.25) is 4.90 Å². The van der Waals surface area contributed by atoms with Crippen molar-refractivity contribution in [1.29, 1.82) is 5.26 Å². The predicted octanol–water partition coefficient (Wildman–Crippen LogP) is 3.69. The Hall–Kier alpha value is -3.00. The quantitative estimate of drug-likeness (QED) is 0.935. The van der Waals surface area contributed by atoms with Crippen LogP contribution in [-0.2, 0) is 4.74 Å². The van der Waals surface area contributed by atoms with E-state index in [4.69, 9.17) is 10.00 Å². The van der Waals surface area contributed by atoms with E-state index in [2.05, 4.69) is 11.4 Å². The summed E-state index contributed by atoms with van der Waals surface area (Å²) in [5.74, 6) is 0. The number of cyclic esters (lactones) is 1. The molecule has 3 rings (SSSR count). The van der Waals surface area contributed by atoms with Gasteiger partial charge >= 0.3 is 6.09 Å². The summed E-state index contributed by atoms with van der Waals surface area (Å²) in [6, 6.07) is 17.4. The summed E-state index contributed by atoms with van der Waals surface area (Å²) in [6.07, 6.45) is -0.301. The van der Waals surface area contributed by atoms with E-state index in [1.807, 2.05) is 49.4 Å². The van der Waals surface area contributed by atoms with Crippen molar-refractivity contribution >= 4 is 17.5 Å². The van der Waals surface area contributed by atoms with Crippen LogP contribution in [0.1, 0.15) is 24.1 Å². The third kappa shape index (κ3) is 3.27. The molecule has 1 aliphatic rings. The van der Waals surface area contributed by atoms with Crippen molar-refractivity contribution in [3.8, 4) is 6.07 Å². The molecule has 2 aromatic carbocycles. The lowest BCUT2D eigenvalue weighted by molar-refractivity contribution is 0.181. The maximum atomic E-state index is 11.7. The van der Waals surface area contributed by atoms with Crippen LogP contribution in [0.5, 0.6) is 0 Å². The number of carbonyl (C=O) groups excluding carboxylic acids is 1. The van der Waals surface area contributed by atoms with Gasteiger partial charge in [0.1, 0.15) is 6.61 Å². The third-order valence-electron chi connectivity index (χ3n) is 3.82. The molecule has 1 heterocycles. The first-order valence-electron chi connectivity index (χ1n) is 7.48.